The summed E-state index contributed by atoms with van der Waals surface area (Å²) in [4.78, 5) is 14.1. The van der Waals surface area contributed by atoms with Crippen LogP contribution in [0.5, 0.6) is 0 Å². The molecule has 0 saturated heterocycles. The maximum Gasteiger partial charge on any atom is 0.252 e. The van der Waals surface area contributed by atoms with Crippen LogP contribution < -0.4 is 7.42 Å². The summed E-state index contributed by atoms with van der Waals surface area (Å²) in [5, 5.41) is 0.168. The lowest BCUT2D eigenvalue weighted by Crippen LogP contribution is -2.15. The molecule has 208 valence electrons. The molecule has 10 heteroatoms. The molecule has 0 radical (unpaired) electrons. The van der Waals surface area contributed by atoms with Crippen LogP contribution in [0.25, 0.3) is 0 Å². The van der Waals surface area contributed by atoms with E-state index in [4.69, 9.17) is 16.6 Å². The smallest absolute Gasteiger partial charge is 0.224 e. The summed E-state index contributed by atoms with van der Waals surface area (Å²) in [6, 6.07) is 41.6. The number of nitrogens with zero attached hydrogens (tertiary/aromatic N) is 5. The number of rotatable bonds is 14. The van der Waals surface area contributed by atoms with Crippen molar-refractivity contribution in [3.05, 3.63) is 149 Å². The average Bonchev–Trinajstić information content (AvgIpc) is 3.03. The molecule has 0 atom stereocenters. The zero-order chi connectivity index (χ0) is 28.1. The van der Waals surface area contributed by atoms with Gasteiger partial charge in [0, 0.05) is 23.0 Å². The van der Waals surface area contributed by atoms with Crippen LogP contribution in [0.2, 0.25) is 5.28 Å². The van der Waals surface area contributed by atoms with Crippen molar-refractivity contribution >= 4 is 71.3 Å². The van der Waals surface area contributed by atoms with E-state index in [9.17, 15) is 0 Å². The molecule has 0 saturated carbocycles. The van der Waals surface area contributed by atoms with E-state index < -0.39 is 0 Å². The minimum Gasteiger partial charge on any atom is -0.224 e. The third-order valence-corrected chi connectivity index (χ3v) is 10.6. The van der Waals surface area contributed by atoms with E-state index in [1.807, 2.05) is 24.3 Å². The van der Waals surface area contributed by atoms with Gasteiger partial charge in [0.25, 0.3) is 11.9 Å². The SMILES string of the molecule is Clc1nc(N(SCc2ccccc2)SCc2ccccc2)nc(N(SCc2ccccc2)SCc2ccccc2)n1. The zero-order valence-corrected chi connectivity index (χ0v) is 26.1. The largest absolute Gasteiger partial charge is 0.252 e. The Kier molecular flexibility index (Phi) is 11.6. The van der Waals surface area contributed by atoms with Gasteiger partial charge in [-0.1, -0.05) is 121 Å². The Morgan fingerprint density at radius 2 is 0.683 bits per heavy atom. The lowest BCUT2D eigenvalue weighted by Gasteiger charge is -2.23. The predicted octanol–water partition coefficient (Wildman–Crippen LogP) is 9.53. The van der Waals surface area contributed by atoms with Crippen LogP contribution in [0, 0.1) is 0 Å². The van der Waals surface area contributed by atoms with Crippen molar-refractivity contribution in [3.63, 3.8) is 0 Å². The number of hydrogen-bond donors (Lipinski definition) is 0. The minimum absolute atomic E-state index is 0.168. The van der Waals surface area contributed by atoms with E-state index in [0.717, 1.165) is 23.0 Å². The van der Waals surface area contributed by atoms with Gasteiger partial charge in [0.2, 0.25) is 5.28 Å². The predicted molar refractivity (Wildman–Crippen MR) is 181 cm³/mol. The summed E-state index contributed by atoms with van der Waals surface area (Å²) < 4.78 is 4.11. The Bertz CT molecular complexity index is 1270. The molecule has 0 aliphatic carbocycles. The van der Waals surface area contributed by atoms with Gasteiger partial charge in [0.05, 0.1) is 0 Å². The fourth-order valence-corrected chi connectivity index (χ4v) is 7.63. The third kappa shape index (κ3) is 9.61. The van der Waals surface area contributed by atoms with Crippen molar-refractivity contribution in [1.29, 1.82) is 0 Å². The molecule has 1 heterocycles. The first-order chi connectivity index (χ1) is 20.2. The van der Waals surface area contributed by atoms with E-state index in [1.54, 1.807) is 47.8 Å². The molecule has 0 fully saturated rings. The van der Waals surface area contributed by atoms with Crippen molar-refractivity contribution in [2.45, 2.75) is 23.0 Å². The second-order valence-electron chi connectivity index (χ2n) is 8.75. The van der Waals surface area contributed by atoms with Crippen molar-refractivity contribution in [2.75, 3.05) is 7.42 Å². The van der Waals surface area contributed by atoms with E-state index in [2.05, 4.69) is 114 Å². The molecule has 0 aliphatic rings. The number of benzene rings is 4. The number of aromatic nitrogens is 3. The minimum atomic E-state index is 0.168. The molecule has 0 bridgehead atoms. The van der Waals surface area contributed by atoms with Crippen molar-refractivity contribution in [3.8, 4) is 0 Å². The van der Waals surface area contributed by atoms with E-state index in [-0.39, 0.29) is 5.28 Å². The van der Waals surface area contributed by atoms with E-state index >= 15 is 0 Å². The summed E-state index contributed by atoms with van der Waals surface area (Å²) >= 11 is 13.2. The molecule has 0 aliphatic heterocycles. The second kappa shape index (κ2) is 16.0. The first-order valence-corrected chi connectivity index (χ1v) is 17.1. The summed E-state index contributed by atoms with van der Waals surface area (Å²) in [5.74, 6) is 4.14. The first-order valence-electron chi connectivity index (χ1n) is 12.9. The fraction of sp³-hybridized carbons (Fsp3) is 0.129. The van der Waals surface area contributed by atoms with Gasteiger partial charge in [-0.05, 0) is 81.6 Å². The van der Waals surface area contributed by atoms with Crippen LogP contribution in [0.3, 0.4) is 0 Å². The standard InChI is InChI=1S/C31H28ClN5S4/c32-29-33-30(36(38-21-25-13-5-1-6-14-25)39-22-26-15-7-2-8-16-26)35-31(34-29)37(40-23-27-17-9-3-10-18-27)41-24-28-19-11-4-12-20-28/h1-20H,21-24H2. The summed E-state index contributed by atoms with van der Waals surface area (Å²) in [7, 11) is 0. The highest BCUT2D eigenvalue weighted by Crippen LogP contribution is 2.37. The van der Waals surface area contributed by atoms with E-state index in [1.165, 1.54) is 22.3 Å². The van der Waals surface area contributed by atoms with Crippen LogP contribution in [0.4, 0.5) is 11.9 Å². The second-order valence-corrected chi connectivity index (χ2v) is 13.2. The van der Waals surface area contributed by atoms with Crippen LogP contribution in [0.15, 0.2) is 121 Å². The van der Waals surface area contributed by atoms with Crippen molar-refractivity contribution in [1.82, 2.24) is 15.0 Å². The normalized spacial score (nSPS) is 10.9. The molecule has 5 rings (SSSR count). The molecule has 1 aromatic heterocycles. The summed E-state index contributed by atoms with van der Waals surface area (Å²) in [5.41, 5.74) is 4.89. The quantitative estimate of drug-likeness (QED) is 0.111. The number of hydrogen-bond acceptors (Lipinski definition) is 9. The van der Waals surface area contributed by atoms with Gasteiger partial charge < -0.3 is 0 Å². The van der Waals surface area contributed by atoms with Gasteiger partial charge >= 0.3 is 0 Å². The van der Waals surface area contributed by atoms with Gasteiger partial charge in [0.1, 0.15) is 0 Å². The maximum atomic E-state index is 6.55. The molecule has 5 aromatic rings. The van der Waals surface area contributed by atoms with Gasteiger partial charge in [-0.25, -0.2) is 7.42 Å². The van der Waals surface area contributed by atoms with Gasteiger partial charge in [-0.3, -0.25) is 0 Å². The van der Waals surface area contributed by atoms with Crippen LogP contribution in [-0.2, 0) is 23.0 Å². The number of halogens is 1. The molecular weight excluding hydrogens is 606 g/mol. The Hall–Kier alpha value is -2.82. The topological polar surface area (TPSA) is 45.2 Å². The fourth-order valence-electron chi connectivity index (χ4n) is 3.63. The Morgan fingerprint density at radius 1 is 0.415 bits per heavy atom. The Balaban J connectivity index is 1.39. The van der Waals surface area contributed by atoms with Gasteiger partial charge in [0.15, 0.2) is 0 Å². The summed E-state index contributed by atoms with van der Waals surface area (Å²) in [6.07, 6.45) is 0. The lowest BCUT2D eigenvalue weighted by molar-refractivity contribution is 1.05. The molecule has 0 N–H and O–H groups in total. The Labute approximate surface area is 264 Å². The molecular formula is C31H28ClN5S4. The van der Waals surface area contributed by atoms with Gasteiger partial charge in [-0.2, -0.15) is 15.0 Å². The highest BCUT2D eigenvalue weighted by molar-refractivity contribution is 8.17. The van der Waals surface area contributed by atoms with Crippen LogP contribution >= 0.6 is 59.4 Å². The molecule has 5 nitrogen and oxygen atoms in total. The summed E-state index contributed by atoms with van der Waals surface area (Å²) in [6.45, 7) is 0. The van der Waals surface area contributed by atoms with Crippen molar-refractivity contribution < 1.29 is 0 Å². The van der Waals surface area contributed by atoms with Crippen molar-refractivity contribution in [2.24, 2.45) is 0 Å². The highest BCUT2D eigenvalue weighted by atomic mass is 35.5. The molecule has 4 aromatic carbocycles. The van der Waals surface area contributed by atoms with Crippen LogP contribution in [-0.4, -0.2) is 15.0 Å². The molecule has 0 unspecified atom stereocenters. The first kappa shape index (κ1) is 29.7. The Morgan fingerprint density at radius 3 is 0.951 bits per heavy atom. The highest BCUT2D eigenvalue weighted by Gasteiger charge is 2.20. The third-order valence-electron chi connectivity index (χ3n) is 5.68. The molecule has 0 spiro atoms. The molecule has 0 amide bonds. The molecule has 41 heavy (non-hydrogen) atoms. The maximum absolute atomic E-state index is 6.55. The monoisotopic (exact) mass is 633 g/mol. The van der Waals surface area contributed by atoms with Gasteiger partial charge in [-0.15, -0.1) is 0 Å². The average molecular weight is 634 g/mol. The van der Waals surface area contributed by atoms with Crippen LogP contribution in [0.1, 0.15) is 22.3 Å². The zero-order valence-electron chi connectivity index (χ0n) is 22.1. The number of anilines is 2. The van der Waals surface area contributed by atoms with E-state index in [0.29, 0.717) is 11.9 Å². The lowest BCUT2D eigenvalue weighted by atomic mass is 10.2.